The van der Waals surface area contributed by atoms with Gasteiger partial charge in [0.15, 0.2) is 5.17 Å². The van der Waals surface area contributed by atoms with Gasteiger partial charge in [0, 0.05) is 13.0 Å². The van der Waals surface area contributed by atoms with Gasteiger partial charge in [-0.15, -0.1) is 0 Å². The molecule has 2 N–H and O–H groups in total. The van der Waals surface area contributed by atoms with E-state index in [0.29, 0.717) is 6.54 Å². The Bertz CT molecular complexity index is 901. The van der Waals surface area contributed by atoms with Crippen LogP contribution in [0.1, 0.15) is 17.5 Å². The molecule has 1 unspecified atom stereocenters. The van der Waals surface area contributed by atoms with E-state index in [1.54, 1.807) is 0 Å². The highest BCUT2D eigenvalue weighted by Gasteiger charge is 2.33. The van der Waals surface area contributed by atoms with Crippen molar-refractivity contribution in [3.63, 3.8) is 0 Å². The molecule has 1 saturated heterocycles. The molecule has 0 saturated carbocycles. The van der Waals surface area contributed by atoms with Gasteiger partial charge in [-0.25, -0.2) is 4.99 Å². The van der Waals surface area contributed by atoms with Gasteiger partial charge in [-0.05, 0) is 23.8 Å². The van der Waals surface area contributed by atoms with Crippen molar-refractivity contribution in [1.29, 1.82) is 0 Å². The highest BCUT2D eigenvalue weighted by Crippen LogP contribution is 2.32. The monoisotopic (exact) mass is 407 g/mol. The summed E-state index contributed by atoms with van der Waals surface area (Å²) in [6, 6.07) is 13.8. The summed E-state index contributed by atoms with van der Waals surface area (Å²) in [5.74, 6) is -0.692. The topological polar surface area (TPSA) is 70.6 Å². The minimum atomic E-state index is -4.47. The number of amidine groups is 1. The SMILES string of the molecule is O=C(CC1SC(=Nc2cccc(C(F)(F)F)c2)NC1=O)NCc1ccccc1. The Balaban J connectivity index is 1.59. The second-order valence-electron chi connectivity index (χ2n) is 6.03. The van der Waals surface area contributed by atoms with Crippen LogP contribution in [0, 0.1) is 0 Å². The Morgan fingerprint density at radius 2 is 1.89 bits per heavy atom. The molecule has 5 nitrogen and oxygen atoms in total. The van der Waals surface area contributed by atoms with Crippen LogP contribution in [0.2, 0.25) is 0 Å². The number of carbonyl (C=O) groups excluding carboxylic acids is 2. The van der Waals surface area contributed by atoms with E-state index in [4.69, 9.17) is 0 Å². The molecule has 1 heterocycles. The van der Waals surface area contributed by atoms with Gasteiger partial charge in [-0.2, -0.15) is 13.2 Å². The normalized spacial score (nSPS) is 18.2. The van der Waals surface area contributed by atoms with E-state index in [1.807, 2.05) is 30.3 Å². The molecule has 146 valence electrons. The smallest absolute Gasteiger partial charge is 0.352 e. The van der Waals surface area contributed by atoms with Gasteiger partial charge in [0.05, 0.1) is 11.3 Å². The summed E-state index contributed by atoms with van der Waals surface area (Å²) in [7, 11) is 0. The van der Waals surface area contributed by atoms with Crippen molar-refractivity contribution in [2.45, 2.75) is 24.4 Å². The molecular formula is C19H16F3N3O2S. The highest BCUT2D eigenvalue weighted by atomic mass is 32.2. The molecule has 28 heavy (non-hydrogen) atoms. The summed E-state index contributed by atoms with van der Waals surface area (Å²) in [4.78, 5) is 28.2. The van der Waals surface area contributed by atoms with Gasteiger partial charge < -0.3 is 10.6 Å². The number of amides is 2. The maximum Gasteiger partial charge on any atom is 0.416 e. The number of hydrogen-bond donors (Lipinski definition) is 2. The Labute approximate surface area is 163 Å². The van der Waals surface area contributed by atoms with Crippen molar-refractivity contribution >= 4 is 34.4 Å². The number of thioether (sulfide) groups is 1. The van der Waals surface area contributed by atoms with E-state index in [2.05, 4.69) is 15.6 Å². The standard InChI is InChI=1S/C19H16F3N3O2S/c20-19(21,22)13-7-4-8-14(9-13)24-18-25-17(27)15(28-18)10-16(26)23-11-12-5-2-1-3-6-12/h1-9,15H,10-11H2,(H,23,26)(H,24,25,27). The van der Waals surface area contributed by atoms with Gasteiger partial charge in [-0.3, -0.25) is 9.59 Å². The van der Waals surface area contributed by atoms with Crippen LogP contribution in [0.3, 0.4) is 0 Å². The van der Waals surface area contributed by atoms with E-state index in [0.717, 1.165) is 29.5 Å². The predicted octanol–water partition coefficient (Wildman–Crippen LogP) is 3.63. The molecule has 2 amide bonds. The number of benzene rings is 2. The zero-order valence-corrected chi connectivity index (χ0v) is 15.3. The fourth-order valence-corrected chi connectivity index (χ4v) is 3.49. The molecule has 0 radical (unpaired) electrons. The van der Waals surface area contributed by atoms with Crippen LogP contribution in [0.5, 0.6) is 0 Å². The largest absolute Gasteiger partial charge is 0.416 e. The van der Waals surface area contributed by atoms with Crippen LogP contribution >= 0.6 is 11.8 Å². The molecule has 0 spiro atoms. The second kappa shape index (κ2) is 8.47. The summed E-state index contributed by atoms with van der Waals surface area (Å²) in [6.07, 6.45) is -4.52. The van der Waals surface area contributed by atoms with Crippen LogP contribution in [-0.4, -0.2) is 22.2 Å². The Morgan fingerprint density at radius 3 is 2.61 bits per heavy atom. The maximum absolute atomic E-state index is 12.8. The molecule has 9 heteroatoms. The first-order valence-corrected chi connectivity index (χ1v) is 9.23. The van der Waals surface area contributed by atoms with Crippen LogP contribution in [-0.2, 0) is 22.3 Å². The van der Waals surface area contributed by atoms with Gasteiger partial charge in [0.1, 0.15) is 5.25 Å². The van der Waals surface area contributed by atoms with Crippen molar-refractivity contribution in [3.05, 3.63) is 65.7 Å². The maximum atomic E-state index is 12.8. The quantitative estimate of drug-likeness (QED) is 0.795. The Kier molecular flexibility index (Phi) is 6.03. The fourth-order valence-electron chi connectivity index (χ4n) is 2.50. The highest BCUT2D eigenvalue weighted by molar-refractivity contribution is 8.15. The van der Waals surface area contributed by atoms with Crippen molar-refractivity contribution in [1.82, 2.24) is 10.6 Å². The van der Waals surface area contributed by atoms with Crippen molar-refractivity contribution < 1.29 is 22.8 Å². The Morgan fingerprint density at radius 1 is 1.14 bits per heavy atom. The van der Waals surface area contributed by atoms with Gasteiger partial charge in [0.25, 0.3) is 0 Å². The number of aliphatic imine (C=N–C) groups is 1. The summed E-state index contributed by atoms with van der Waals surface area (Å²) in [5.41, 5.74) is 0.193. The van der Waals surface area contributed by atoms with Gasteiger partial charge in [-0.1, -0.05) is 48.2 Å². The molecule has 0 bridgehead atoms. The summed E-state index contributed by atoms with van der Waals surface area (Å²) < 4.78 is 38.3. The van der Waals surface area contributed by atoms with Crippen LogP contribution in [0.25, 0.3) is 0 Å². The lowest BCUT2D eigenvalue weighted by Gasteiger charge is -2.07. The lowest BCUT2D eigenvalue weighted by Crippen LogP contribution is -2.31. The lowest BCUT2D eigenvalue weighted by molar-refractivity contribution is -0.137. The third-order valence-corrected chi connectivity index (χ3v) is 4.97. The van der Waals surface area contributed by atoms with Crippen molar-refractivity contribution in [2.75, 3.05) is 0 Å². The molecule has 1 aliphatic heterocycles. The number of nitrogens with zero attached hydrogens (tertiary/aromatic N) is 1. The first-order chi connectivity index (χ1) is 13.3. The third kappa shape index (κ3) is 5.35. The van der Waals surface area contributed by atoms with Gasteiger partial charge >= 0.3 is 6.18 Å². The number of carbonyl (C=O) groups is 2. The predicted molar refractivity (Wildman–Crippen MR) is 101 cm³/mol. The number of rotatable bonds is 5. The molecule has 0 aromatic heterocycles. The number of hydrogen-bond acceptors (Lipinski definition) is 4. The number of nitrogens with one attached hydrogen (secondary N) is 2. The number of alkyl halides is 3. The molecule has 1 fully saturated rings. The molecule has 1 aliphatic rings. The van der Waals surface area contributed by atoms with E-state index in [9.17, 15) is 22.8 Å². The van der Waals surface area contributed by atoms with Crippen molar-refractivity contribution in [3.8, 4) is 0 Å². The summed E-state index contributed by atoms with van der Waals surface area (Å²) >= 11 is 1.02. The van der Waals surface area contributed by atoms with Crippen LogP contribution in [0.15, 0.2) is 59.6 Å². The van der Waals surface area contributed by atoms with Crippen LogP contribution in [0.4, 0.5) is 18.9 Å². The van der Waals surface area contributed by atoms with Gasteiger partial charge in [0.2, 0.25) is 11.8 Å². The second-order valence-corrected chi connectivity index (χ2v) is 7.22. The van der Waals surface area contributed by atoms with E-state index < -0.39 is 22.9 Å². The zero-order valence-electron chi connectivity index (χ0n) is 14.5. The summed E-state index contributed by atoms with van der Waals surface area (Å²) in [5, 5.41) is 4.73. The van der Waals surface area contributed by atoms with E-state index in [-0.39, 0.29) is 23.2 Å². The lowest BCUT2D eigenvalue weighted by atomic mass is 10.2. The Hall–Kier alpha value is -2.81. The zero-order chi connectivity index (χ0) is 20.1. The molecule has 2 aromatic rings. The molecule has 3 rings (SSSR count). The number of halogens is 3. The first-order valence-electron chi connectivity index (χ1n) is 8.35. The molecular weight excluding hydrogens is 391 g/mol. The first kappa shape index (κ1) is 19.9. The summed E-state index contributed by atoms with van der Waals surface area (Å²) in [6.45, 7) is 0.351. The minimum Gasteiger partial charge on any atom is -0.352 e. The average molecular weight is 407 g/mol. The third-order valence-electron chi connectivity index (χ3n) is 3.88. The van der Waals surface area contributed by atoms with Crippen molar-refractivity contribution in [2.24, 2.45) is 4.99 Å². The fraction of sp³-hybridized carbons (Fsp3) is 0.211. The minimum absolute atomic E-state index is 0.0507. The molecule has 1 atom stereocenters. The van der Waals surface area contributed by atoms with E-state index >= 15 is 0 Å². The van der Waals surface area contributed by atoms with E-state index in [1.165, 1.54) is 12.1 Å². The molecule has 0 aliphatic carbocycles. The molecule has 2 aromatic carbocycles. The van der Waals surface area contributed by atoms with Crippen LogP contribution < -0.4 is 10.6 Å². The average Bonchev–Trinajstić information content (AvgIpc) is 2.99.